The number of phenolic OH excluding ortho intramolecular Hbond substituents is 1. The number of guanidine groups is 1. The summed E-state index contributed by atoms with van der Waals surface area (Å²) in [6, 6.07) is 15.4. The number of benzene rings is 2. The summed E-state index contributed by atoms with van der Waals surface area (Å²) < 4.78 is 11.2. The Hall–Kier alpha value is -2.16. The van der Waals surface area contributed by atoms with E-state index in [9.17, 15) is 5.11 Å². The van der Waals surface area contributed by atoms with Crippen molar-refractivity contribution in [1.29, 1.82) is 0 Å². The molecule has 0 amide bonds. The van der Waals surface area contributed by atoms with Gasteiger partial charge in [-0.15, -0.1) is 24.0 Å². The Labute approximate surface area is 196 Å². The van der Waals surface area contributed by atoms with Crippen molar-refractivity contribution in [3.63, 3.8) is 0 Å². The molecular formula is C23H32IN3O3. The average molecular weight is 525 g/mol. The highest BCUT2D eigenvalue weighted by atomic mass is 127. The molecule has 0 unspecified atom stereocenters. The molecule has 30 heavy (non-hydrogen) atoms. The number of nitrogens with one attached hydrogen (secondary N) is 1. The van der Waals surface area contributed by atoms with E-state index in [0.29, 0.717) is 18.7 Å². The third-order valence-electron chi connectivity index (χ3n) is 5.06. The predicted octanol–water partition coefficient (Wildman–Crippen LogP) is 4.07. The zero-order valence-electron chi connectivity index (χ0n) is 17.7. The second-order valence-corrected chi connectivity index (χ2v) is 7.10. The lowest BCUT2D eigenvalue weighted by Gasteiger charge is -2.34. The molecule has 1 aliphatic rings. The molecule has 0 saturated carbocycles. The number of phenols is 1. The number of halogens is 1. The molecule has 2 aromatic carbocycles. The summed E-state index contributed by atoms with van der Waals surface area (Å²) in [7, 11) is 1.59. The minimum absolute atomic E-state index is 0. The number of hydrogen-bond acceptors (Lipinski definition) is 4. The minimum atomic E-state index is 0. The standard InChI is InChI=1S/C23H31N3O3.HI/c1-3-24-23(25-14-11-18-9-10-21(28-2)17-22(18)27)26-15-12-20(13-16-26)29-19-7-5-4-6-8-19;/h4-10,17,20,27H,3,11-16H2,1-2H3,(H,24,25);1H. The molecule has 3 rings (SSSR count). The van der Waals surface area contributed by atoms with Crippen molar-refractivity contribution in [2.75, 3.05) is 33.3 Å². The van der Waals surface area contributed by atoms with Gasteiger partial charge in [-0.2, -0.15) is 0 Å². The number of aromatic hydroxyl groups is 1. The number of hydrogen-bond donors (Lipinski definition) is 2. The lowest BCUT2D eigenvalue weighted by molar-refractivity contribution is 0.129. The number of ether oxygens (including phenoxy) is 2. The van der Waals surface area contributed by atoms with Crippen LogP contribution in [0.3, 0.4) is 0 Å². The second kappa shape index (κ2) is 12.5. The highest BCUT2D eigenvalue weighted by Crippen LogP contribution is 2.24. The van der Waals surface area contributed by atoms with Gasteiger partial charge in [0.2, 0.25) is 0 Å². The molecule has 1 saturated heterocycles. The van der Waals surface area contributed by atoms with E-state index in [1.807, 2.05) is 42.5 Å². The van der Waals surface area contributed by atoms with Gasteiger partial charge < -0.3 is 24.8 Å². The highest BCUT2D eigenvalue weighted by molar-refractivity contribution is 14.0. The van der Waals surface area contributed by atoms with Crippen LogP contribution in [0.4, 0.5) is 0 Å². The van der Waals surface area contributed by atoms with Crippen LogP contribution in [-0.2, 0) is 6.42 Å². The van der Waals surface area contributed by atoms with Crippen LogP contribution in [0.25, 0.3) is 0 Å². The number of nitrogens with zero attached hydrogens (tertiary/aromatic N) is 2. The molecule has 1 aliphatic heterocycles. The predicted molar refractivity (Wildman–Crippen MR) is 131 cm³/mol. The molecule has 0 spiro atoms. The summed E-state index contributed by atoms with van der Waals surface area (Å²) in [5.74, 6) is 2.77. The van der Waals surface area contributed by atoms with E-state index in [1.165, 1.54) is 0 Å². The fourth-order valence-corrected chi connectivity index (χ4v) is 3.47. The lowest BCUT2D eigenvalue weighted by atomic mass is 10.1. The summed E-state index contributed by atoms with van der Waals surface area (Å²) in [6.45, 7) is 5.35. The number of methoxy groups -OCH3 is 1. The molecule has 7 heteroatoms. The van der Waals surface area contributed by atoms with Crippen LogP contribution in [0.5, 0.6) is 17.2 Å². The molecule has 0 aromatic heterocycles. The van der Waals surface area contributed by atoms with Gasteiger partial charge in [0.05, 0.1) is 7.11 Å². The fourth-order valence-electron chi connectivity index (χ4n) is 3.47. The van der Waals surface area contributed by atoms with Gasteiger partial charge in [0, 0.05) is 45.1 Å². The summed E-state index contributed by atoms with van der Waals surface area (Å²) in [6.07, 6.45) is 2.86. The Bertz CT molecular complexity index is 794. The molecule has 0 atom stereocenters. The van der Waals surface area contributed by atoms with E-state index in [-0.39, 0.29) is 35.8 Å². The maximum absolute atomic E-state index is 10.1. The van der Waals surface area contributed by atoms with Crippen LogP contribution in [-0.4, -0.2) is 55.4 Å². The van der Waals surface area contributed by atoms with Crippen LogP contribution in [0.1, 0.15) is 25.3 Å². The second-order valence-electron chi connectivity index (χ2n) is 7.10. The largest absolute Gasteiger partial charge is 0.508 e. The van der Waals surface area contributed by atoms with Gasteiger partial charge in [-0.05, 0) is 37.1 Å². The number of aliphatic imine (C=N–C) groups is 1. The summed E-state index contributed by atoms with van der Waals surface area (Å²) in [5.41, 5.74) is 0.875. The maximum atomic E-state index is 10.1. The zero-order chi connectivity index (χ0) is 20.5. The molecule has 164 valence electrons. The van der Waals surface area contributed by atoms with Crippen LogP contribution >= 0.6 is 24.0 Å². The first-order chi connectivity index (χ1) is 14.2. The smallest absolute Gasteiger partial charge is 0.193 e. The zero-order valence-corrected chi connectivity index (χ0v) is 20.0. The molecule has 2 aromatic rings. The highest BCUT2D eigenvalue weighted by Gasteiger charge is 2.22. The first kappa shape index (κ1) is 24.1. The average Bonchev–Trinajstić information content (AvgIpc) is 2.75. The van der Waals surface area contributed by atoms with Gasteiger partial charge in [0.1, 0.15) is 23.4 Å². The molecule has 0 aliphatic carbocycles. The van der Waals surface area contributed by atoms with E-state index >= 15 is 0 Å². The van der Waals surface area contributed by atoms with Gasteiger partial charge >= 0.3 is 0 Å². The molecule has 6 nitrogen and oxygen atoms in total. The third-order valence-corrected chi connectivity index (χ3v) is 5.06. The normalized spacial score (nSPS) is 14.7. The molecule has 0 bridgehead atoms. The van der Waals surface area contributed by atoms with Gasteiger partial charge in [-0.1, -0.05) is 24.3 Å². The van der Waals surface area contributed by atoms with Crippen molar-refractivity contribution in [3.05, 3.63) is 54.1 Å². The Balaban J connectivity index is 0.00000320. The van der Waals surface area contributed by atoms with Crippen LogP contribution in [0, 0.1) is 0 Å². The van der Waals surface area contributed by atoms with E-state index in [1.54, 1.807) is 13.2 Å². The van der Waals surface area contributed by atoms with E-state index in [2.05, 4.69) is 17.1 Å². The number of para-hydroxylation sites is 1. The molecular weight excluding hydrogens is 493 g/mol. The molecule has 0 radical (unpaired) electrons. The molecule has 1 fully saturated rings. The Morgan fingerprint density at radius 2 is 1.87 bits per heavy atom. The van der Waals surface area contributed by atoms with Crippen molar-refractivity contribution in [2.24, 2.45) is 4.99 Å². The van der Waals surface area contributed by atoms with Crippen molar-refractivity contribution >= 4 is 29.9 Å². The number of piperidine rings is 1. The van der Waals surface area contributed by atoms with Crippen molar-refractivity contribution < 1.29 is 14.6 Å². The lowest BCUT2D eigenvalue weighted by Crippen LogP contribution is -2.47. The fraction of sp³-hybridized carbons (Fsp3) is 0.435. The van der Waals surface area contributed by atoms with Crippen LogP contribution < -0.4 is 14.8 Å². The van der Waals surface area contributed by atoms with Crippen LogP contribution in [0.15, 0.2) is 53.5 Å². The van der Waals surface area contributed by atoms with Crippen LogP contribution in [0.2, 0.25) is 0 Å². The van der Waals surface area contributed by atoms with Gasteiger partial charge in [0.15, 0.2) is 5.96 Å². The minimum Gasteiger partial charge on any atom is -0.508 e. The topological polar surface area (TPSA) is 66.3 Å². The summed E-state index contributed by atoms with van der Waals surface area (Å²) in [4.78, 5) is 7.07. The van der Waals surface area contributed by atoms with Crippen molar-refractivity contribution in [2.45, 2.75) is 32.3 Å². The van der Waals surface area contributed by atoms with E-state index in [4.69, 9.17) is 14.5 Å². The third kappa shape index (κ3) is 6.97. The molecule has 1 heterocycles. The Morgan fingerprint density at radius 3 is 2.50 bits per heavy atom. The monoisotopic (exact) mass is 525 g/mol. The summed E-state index contributed by atoms with van der Waals surface area (Å²) >= 11 is 0. The van der Waals surface area contributed by atoms with Crippen molar-refractivity contribution in [3.8, 4) is 17.2 Å². The van der Waals surface area contributed by atoms with Gasteiger partial charge in [-0.3, -0.25) is 4.99 Å². The SMILES string of the molecule is CCNC(=NCCc1ccc(OC)cc1O)N1CCC(Oc2ccccc2)CC1.I. The maximum Gasteiger partial charge on any atom is 0.193 e. The van der Waals surface area contributed by atoms with Gasteiger partial charge in [-0.25, -0.2) is 0 Å². The first-order valence-corrected chi connectivity index (χ1v) is 10.3. The van der Waals surface area contributed by atoms with Gasteiger partial charge in [0.25, 0.3) is 0 Å². The van der Waals surface area contributed by atoms with Crippen molar-refractivity contribution in [1.82, 2.24) is 10.2 Å². The quantitative estimate of drug-likeness (QED) is 0.324. The Morgan fingerprint density at radius 1 is 1.13 bits per heavy atom. The first-order valence-electron chi connectivity index (χ1n) is 10.3. The summed E-state index contributed by atoms with van der Waals surface area (Å²) in [5, 5.41) is 13.5. The van der Waals surface area contributed by atoms with E-state index in [0.717, 1.165) is 49.7 Å². The number of likely N-dealkylation sites (tertiary alicyclic amines) is 1. The molecule has 2 N–H and O–H groups in total. The van der Waals surface area contributed by atoms with E-state index < -0.39 is 0 Å². The Kier molecular flexibility index (Phi) is 10.1. The number of rotatable bonds is 7.